The topological polar surface area (TPSA) is 35.2 Å². The van der Waals surface area contributed by atoms with E-state index in [4.69, 9.17) is 10.5 Å². The third-order valence-electron chi connectivity index (χ3n) is 3.62. The zero-order valence-electron chi connectivity index (χ0n) is 10.9. The lowest BCUT2D eigenvalue weighted by Crippen LogP contribution is -2.30. The van der Waals surface area contributed by atoms with Crippen LogP contribution in [0.15, 0.2) is 24.3 Å². The third kappa shape index (κ3) is 3.47. The first-order valence-electron chi connectivity index (χ1n) is 6.55. The average molecular weight is 233 g/mol. The van der Waals surface area contributed by atoms with E-state index in [0.717, 1.165) is 17.7 Å². The van der Waals surface area contributed by atoms with Crippen molar-refractivity contribution in [1.82, 2.24) is 0 Å². The monoisotopic (exact) mass is 233 g/mol. The van der Waals surface area contributed by atoms with E-state index in [9.17, 15) is 0 Å². The van der Waals surface area contributed by atoms with Crippen molar-refractivity contribution in [2.24, 2.45) is 11.1 Å². The molecule has 1 aliphatic carbocycles. The van der Waals surface area contributed by atoms with Crippen molar-refractivity contribution < 1.29 is 4.74 Å². The number of benzene rings is 1. The highest BCUT2D eigenvalue weighted by Gasteiger charge is 2.28. The Labute approximate surface area is 104 Å². The smallest absolute Gasteiger partial charge is 0.119 e. The van der Waals surface area contributed by atoms with Gasteiger partial charge in [0.2, 0.25) is 0 Å². The predicted molar refractivity (Wildman–Crippen MR) is 71.0 cm³/mol. The van der Waals surface area contributed by atoms with Crippen molar-refractivity contribution in [2.45, 2.75) is 52.2 Å². The fraction of sp³-hybridized carbons (Fsp3) is 0.600. The Bertz CT molecular complexity index is 356. The zero-order valence-corrected chi connectivity index (χ0v) is 10.9. The third-order valence-corrected chi connectivity index (χ3v) is 3.62. The van der Waals surface area contributed by atoms with Gasteiger partial charge < -0.3 is 10.5 Å². The van der Waals surface area contributed by atoms with Crippen LogP contribution in [0.2, 0.25) is 0 Å². The fourth-order valence-electron chi connectivity index (χ4n) is 2.63. The van der Waals surface area contributed by atoms with Crippen molar-refractivity contribution in [1.29, 1.82) is 0 Å². The molecule has 2 N–H and O–H groups in total. The summed E-state index contributed by atoms with van der Waals surface area (Å²) in [5.41, 5.74) is 7.16. The minimum Gasteiger partial charge on any atom is -0.490 e. The summed E-state index contributed by atoms with van der Waals surface area (Å²) in [5, 5.41) is 0. The number of ether oxygens (including phenoxy) is 1. The van der Waals surface area contributed by atoms with Crippen LogP contribution in [0.3, 0.4) is 0 Å². The minimum absolute atomic E-state index is 0.377. The molecule has 17 heavy (non-hydrogen) atoms. The fourth-order valence-corrected chi connectivity index (χ4v) is 2.63. The van der Waals surface area contributed by atoms with Crippen molar-refractivity contribution in [3.05, 3.63) is 29.8 Å². The van der Waals surface area contributed by atoms with Crippen LogP contribution in [0.4, 0.5) is 0 Å². The van der Waals surface area contributed by atoms with Crippen LogP contribution < -0.4 is 10.5 Å². The lowest BCUT2D eigenvalue weighted by Gasteiger charge is -2.35. The van der Waals surface area contributed by atoms with E-state index >= 15 is 0 Å². The summed E-state index contributed by atoms with van der Waals surface area (Å²) in [6.45, 7) is 5.26. The normalized spacial score (nSPS) is 23.4. The number of hydrogen-bond acceptors (Lipinski definition) is 2. The number of rotatable bonds is 3. The van der Waals surface area contributed by atoms with Crippen molar-refractivity contribution in [2.75, 3.05) is 0 Å². The van der Waals surface area contributed by atoms with Gasteiger partial charge >= 0.3 is 0 Å². The largest absolute Gasteiger partial charge is 0.490 e. The van der Waals surface area contributed by atoms with Gasteiger partial charge in [0.15, 0.2) is 0 Å². The summed E-state index contributed by atoms with van der Waals surface area (Å²) in [6.07, 6.45) is 5.31. The highest BCUT2D eigenvalue weighted by molar-refractivity contribution is 5.27. The molecule has 0 bridgehead atoms. The lowest BCUT2D eigenvalue weighted by atomic mass is 9.76. The summed E-state index contributed by atoms with van der Waals surface area (Å²) >= 11 is 0. The Morgan fingerprint density at radius 2 is 2.00 bits per heavy atom. The van der Waals surface area contributed by atoms with Crippen LogP contribution in [-0.4, -0.2) is 6.10 Å². The van der Waals surface area contributed by atoms with E-state index in [0.29, 0.717) is 18.1 Å². The van der Waals surface area contributed by atoms with Gasteiger partial charge in [-0.15, -0.1) is 0 Å². The SMILES string of the molecule is CC1(C)CCCC(Oc2ccc(CN)cc2)C1. The second kappa shape index (κ2) is 5.09. The molecular weight excluding hydrogens is 210 g/mol. The highest BCUT2D eigenvalue weighted by Crippen LogP contribution is 2.36. The molecule has 0 amide bonds. The van der Waals surface area contributed by atoms with Crippen LogP contribution in [0, 0.1) is 5.41 Å². The van der Waals surface area contributed by atoms with Crippen LogP contribution in [0.5, 0.6) is 5.75 Å². The quantitative estimate of drug-likeness (QED) is 0.867. The van der Waals surface area contributed by atoms with Gasteiger partial charge in [0, 0.05) is 6.54 Å². The molecule has 0 radical (unpaired) electrons. The first-order chi connectivity index (χ1) is 8.09. The molecule has 1 atom stereocenters. The molecule has 0 heterocycles. The summed E-state index contributed by atoms with van der Waals surface area (Å²) in [4.78, 5) is 0. The molecule has 2 rings (SSSR count). The lowest BCUT2D eigenvalue weighted by molar-refractivity contribution is 0.0851. The van der Waals surface area contributed by atoms with Gasteiger partial charge in [-0.3, -0.25) is 0 Å². The second-order valence-electron chi connectivity index (χ2n) is 5.85. The Balaban J connectivity index is 1.95. The van der Waals surface area contributed by atoms with E-state index in [2.05, 4.69) is 13.8 Å². The first-order valence-corrected chi connectivity index (χ1v) is 6.55. The highest BCUT2D eigenvalue weighted by atomic mass is 16.5. The van der Waals surface area contributed by atoms with Gasteiger partial charge in [0.25, 0.3) is 0 Å². The molecule has 0 aliphatic heterocycles. The van der Waals surface area contributed by atoms with Gasteiger partial charge in [-0.05, 0) is 48.8 Å². The minimum atomic E-state index is 0.377. The summed E-state index contributed by atoms with van der Waals surface area (Å²) in [6, 6.07) is 8.15. The van der Waals surface area contributed by atoms with E-state index in [1.807, 2.05) is 24.3 Å². The van der Waals surface area contributed by atoms with Crippen LogP contribution in [0.1, 0.15) is 45.1 Å². The molecule has 1 unspecified atom stereocenters. The van der Waals surface area contributed by atoms with Gasteiger partial charge in [-0.1, -0.05) is 26.0 Å². The van der Waals surface area contributed by atoms with E-state index in [1.54, 1.807) is 0 Å². The maximum Gasteiger partial charge on any atom is 0.119 e. The summed E-state index contributed by atoms with van der Waals surface area (Å²) < 4.78 is 6.05. The molecular formula is C15H23NO. The standard InChI is InChI=1S/C15H23NO/c1-15(2)9-3-4-14(10-15)17-13-7-5-12(11-16)6-8-13/h5-8,14H,3-4,9-11,16H2,1-2H3. The predicted octanol–water partition coefficient (Wildman–Crippen LogP) is 3.49. The number of hydrogen-bond donors (Lipinski definition) is 1. The van der Waals surface area contributed by atoms with Gasteiger partial charge in [-0.2, -0.15) is 0 Å². The van der Waals surface area contributed by atoms with Crippen molar-refractivity contribution in [3.63, 3.8) is 0 Å². The van der Waals surface area contributed by atoms with Gasteiger partial charge in [0.05, 0.1) is 6.10 Å². The Morgan fingerprint density at radius 1 is 1.29 bits per heavy atom. The summed E-state index contributed by atoms with van der Waals surface area (Å²) in [5.74, 6) is 0.977. The molecule has 0 spiro atoms. The molecule has 2 heteroatoms. The molecule has 1 aromatic rings. The molecule has 1 aliphatic rings. The van der Waals surface area contributed by atoms with E-state index in [-0.39, 0.29) is 0 Å². The first kappa shape index (κ1) is 12.4. The van der Waals surface area contributed by atoms with Crippen molar-refractivity contribution in [3.8, 4) is 5.75 Å². The van der Waals surface area contributed by atoms with Crippen LogP contribution >= 0.6 is 0 Å². The van der Waals surface area contributed by atoms with Gasteiger partial charge in [-0.25, -0.2) is 0 Å². The molecule has 0 aromatic heterocycles. The molecule has 1 fully saturated rings. The molecule has 1 saturated carbocycles. The Hall–Kier alpha value is -1.02. The average Bonchev–Trinajstić information content (AvgIpc) is 2.29. The summed E-state index contributed by atoms with van der Waals surface area (Å²) in [7, 11) is 0. The molecule has 1 aromatic carbocycles. The molecule has 0 saturated heterocycles. The molecule has 2 nitrogen and oxygen atoms in total. The van der Waals surface area contributed by atoms with Crippen LogP contribution in [-0.2, 0) is 6.54 Å². The van der Waals surface area contributed by atoms with E-state index < -0.39 is 0 Å². The maximum absolute atomic E-state index is 6.05. The zero-order chi connectivity index (χ0) is 12.3. The number of nitrogens with two attached hydrogens (primary N) is 1. The Morgan fingerprint density at radius 3 is 2.59 bits per heavy atom. The molecule has 94 valence electrons. The van der Waals surface area contributed by atoms with E-state index in [1.165, 1.54) is 19.3 Å². The second-order valence-corrected chi connectivity index (χ2v) is 5.85. The maximum atomic E-state index is 6.05. The Kier molecular flexibility index (Phi) is 3.72. The van der Waals surface area contributed by atoms with Gasteiger partial charge in [0.1, 0.15) is 5.75 Å². The van der Waals surface area contributed by atoms with Crippen molar-refractivity contribution >= 4 is 0 Å². The van der Waals surface area contributed by atoms with Crippen LogP contribution in [0.25, 0.3) is 0 Å².